The number of carbonyl (C=O) groups is 1. The van der Waals surface area contributed by atoms with Crippen LogP contribution in [0.4, 0.5) is 23.5 Å². The van der Waals surface area contributed by atoms with Crippen LogP contribution in [0.3, 0.4) is 0 Å². The van der Waals surface area contributed by atoms with Gasteiger partial charge in [-0.3, -0.25) is 4.79 Å². The molecule has 45 heavy (non-hydrogen) atoms. The lowest BCUT2D eigenvalue weighted by molar-refractivity contribution is 0.0519. The number of aromatic nitrogens is 4. The molecule has 12 nitrogen and oxygen atoms in total. The van der Waals surface area contributed by atoms with Gasteiger partial charge in [-0.25, -0.2) is 0 Å². The second kappa shape index (κ2) is 16.6. The summed E-state index contributed by atoms with van der Waals surface area (Å²) >= 11 is 0. The van der Waals surface area contributed by atoms with Crippen LogP contribution in [0, 0.1) is 0 Å². The zero-order valence-corrected chi connectivity index (χ0v) is 25.2. The van der Waals surface area contributed by atoms with Gasteiger partial charge in [0.05, 0.1) is 33.5 Å². The number of hydrogen-bond donors (Lipinski definition) is 5. The summed E-state index contributed by atoms with van der Waals surface area (Å²) in [4.78, 5) is 29.0. The van der Waals surface area contributed by atoms with E-state index in [0.29, 0.717) is 69.5 Å². The number of nitrogens with zero attached hydrogens (tertiary/aromatic N) is 3. The highest BCUT2D eigenvalue weighted by atomic mass is 16.5. The summed E-state index contributed by atoms with van der Waals surface area (Å²) in [6.07, 6.45) is 2.78. The largest absolute Gasteiger partial charge is 0.497 e. The van der Waals surface area contributed by atoms with Crippen molar-refractivity contribution >= 4 is 40.3 Å². The number of para-hydroxylation sites is 1. The van der Waals surface area contributed by atoms with Crippen molar-refractivity contribution in [3.05, 3.63) is 96.2 Å². The van der Waals surface area contributed by atoms with E-state index in [9.17, 15) is 4.79 Å². The van der Waals surface area contributed by atoms with Gasteiger partial charge in [-0.1, -0.05) is 36.4 Å². The molecule has 0 spiro atoms. The SMILES string of the molecule is COc1ccc2[nH]cc(CCNc3nc(NCCOCCOCCNC(=O)c4ccccc4)nc(Nc4ccccc4)n3)c2c1. The average Bonchev–Trinajstić information content (AvgIpc) is 3.48. The normalized spacial score (nSPS) is 10.9. The van der Waals surface area contributed by atoms with Crippen molar-refractivity contribution in [3.63, 3.8) is 0 Å². The molecule has 0 aliphatic rings. The first-order chi connectivity index (χ1) is 22.2. The molecule has 0 aliphatic carbocycles. The monoisotopic (exact) mass is 610 g/mol. The van der Waals surface area contributed by atoms with Gasteiger partial charge in [-0.05, 0) is 54.4 Å². The standard InChI is InChI=1S/C33H38N8O4/c1-43-27-12-13-29-28(22-27)25(23-37-29)14-15-35-31-39-32(41-33(40-31)38-26-10-6-3-7-11-26)36-17-19-45-21-20-44-18-16-34-30(42)24-8-4-2-5-9-24/h2-13,22-23,37H,14-21H2,1H3,(H,34,42)(H3,35,36,38,39,40,41). The fraction of sp³-hybridized carbons (Fsp3) is 0.273. The Balaban J connectivity index is 1.06. The molecular weight excluding hydrogens is 572 g/mol. The topological polar surface area (TPSA) is 147 Å². The van der Waals surface area contributed by atoms with Gasteiger partial charge in [0.15, 0.2) is 0 Å². The second-order valence-electron chi connectivity index (χ2n) is 9.97. The van der Waals surface area contributed by atoms with Crippen LogP contribution in [0.1, 0.15) is 15.9 Å². The molecule has 0 aliphatic heterocycles. The van der Waals surface area contributed by atoms with Gasteiger partial charge < -0.3 is 40.5 Å². The molecule has 2 aromatic heterocycles. The van der Waals surface area contributed by atoms with Crippen molar-refractivity contribution in [2.75, 3.05) is 69.1 Å². The molecule has 5 rings (SSSR count). The van der Waals surface area contributed by atoms with Crippen LogP contribution in [0.5, 0.6) is 5.75 Å². The van der Waals surface area contributed by atoms with Crippen molar-refractivity contribution < 1.29 is 19.0 Å². The summed E-state index contributed by atoms with van der Waals surface area (Å²) < 4.78 is 16.6. The van der Waals surface area contributed by atoms with Gasteiger partial charge in [0, 0.05) is 48.0 Å². The van der Waals surface area contributed by atoms with Crippen molar-refractivity contribution in [1.82, 2.24) is 25.3 Å². The minimum Gasteiger partial charge on any atom is -0.497 e. The predicted octanol–water partition coefficient (Wildman–Crippen LogP) is 4.63. The molecule has 12 heteroatoms. The highest BCUT2D eigenvalue weighted by Gasteiger charge is 2.09. The molecule has 5 aromatic rings. The minimum atomic E-state index is -0.115. The number of methoxy groups -OCH3 is 1. The highest BCUT2D eigenvalue weighted by molar-refractivity contribution is 5.94. The average molecular weight is 611 g/mol. The third-order valence-corrected chi connectivity index (χ3v) is 6.79. The summed E-state index contributed by atoms with van der Waals surface area (Å²) in [6, 6.07) is 24.8. The molecule has 0 saturated heterocycles. The molecule has 3 aromatic carbocycles. The lowest BCUT2D eigenvalue weighted by atomic mass is 10.1. The predicted molar refractivity (Wildman–Crippen MR) is 175 cm³/mol. The maximum Gasteiger partial charge on any atom is 0.251 e. The number of H-pyrrole nitrogens is 1. The van der Waals surface area contributed by atoms with Crippen LogP contribution >= 0.6 is 0 Å². The fourth-order valence-corrected chi connectivity index (χ4v) is 4.53. The molecule has 0 atom stereocenters. The molecule has 234 valence electrons. The number of anilines is 4. The number of rotatable bonds is 18. The molecule has 0 fully saturated rings. The van der Waals surface area contributed by atoms with Crippen LogP contribution in [0.15, 0.2) is 85.1 Å². The molecule has 5 N–H and O–H groups in total. The van der Waals surface area contributed by atoms with Gasteiger partial charge in [-0.2, -0.15) is 15.0 Å². The number of fused-ring (bicyclic) bond motifs is 1. The maximum absolute atomic E-state index is 12.0. The van der Waals surface area contributed by atoms with Gasteiger partial charge in [0.25, 0.3) is 5.91 Å². The summed E-state index contributed by atoms with van der Waals surface area (Å²) in [5.74, 6) is 2.01. The van der Waals surface area contributed by atoms with E-state index < -0.39 is 0 Å². The van der Waals surface area contributed by atoms with E-state index >= 15 is 0 Å². The van der Waals surface area contributed by atoms with Crippen molar-refractivity contribution in [1.29, 1.82) is 0 Å². The van der Waals surface area contributed by atoms with E-state index in [1.54, 1.807) is 19.2 Å². The van der Waals surface area contributed by atoms with Gasteiger partial charge in [0.2, 0.25) is 17.8 Å². The van der Waals surface area contributed by atoms with Crippen LogP contribution in [0.2, 0.25) is 0 Å². The number of benzene rings is 3. The van der Waals surface area contributed by atoms with E-state index in [0.717, 1.165) is 28.8 Å². The summed E-state index contributed by atoms with van der Waals surface area (Å²) in [5.41, 5.74) is 3.73. The first-order valence-electron chi connectivity index (χ1n) is 14.9. The third-order valence-electron chi connectivity index (χ3n) is 6.79. The van der Waals surface area contributed by atoms with Crippen LogP contribution < -0.4 is 26.0 Å². The van der Waals surface area contributed by atoms with E-state index in [1.807, 2.05) is 72.9 Å². The fourth-order valence-electron chi connectivity index (χ4n) is 4.53. The molecule has 0 unspecified atom stereocenters. The second-order valence-corrected chi connectivity index (χ2v) is 9.97. The van der Waals surface area contributed by atoms with Gasteiger partial charge in [0.1, 0.15) is 5.75 Å². The lowest BCUT2D eigenvalue weighted by Crippen LogP contribution is -2.27. The number of aromatic amines is 1. The summed E-state index contributed by atoms with van der Waals surface area (Å²) in [6.45, 7) is 3.26. The summed E-state index contributed by atoms with van der Waals surface area (Å²) in [5, 5.41) is 13.8. The zero-order valence-electron chi connectivity index (χ0n) is 25.2. The Hall–Kier alpha value is -5.20. The Bertz CT molecular complexity index is 1630. The lowest BCUT2D eigenvalue weighted by Gasteiger charge is -2.12. The van der Waals surface area contributed by atoms with Gasteiger partial charge >= 0.3 is 0 Å². The highest BCUT2D eigenvalue weighted by Crippen LogP contribution is 2.24. The number of nitrogens with one attached hydrogen (secondary N) is 5. The first-order valence-corrected chi connectivity index (χ1v) is 14.9. The van der Waals surface area contributed by atoms with Crippen LogP contribution in [0.25, 0.3) is 10.9 Å². The van der Waals surface area contributed by atoms with Gasteiger partial charge in [-0.15, -0.1) is 0 Å². The molecule has 0 saturated carbocycles. The van der Waals surface area contributed by atoms with Crippen molar-refractivity contribution in [2.24, 2.45) is 0 Å². The summed E-state index contributed by atoms with van der Waals surface area (Å²) in [7, 11) is 1.67. The Morgan fingerprint density at radius 1 is 0.756 bits per heavy atom. The molecule has 1 amide bonds. The Labute approximate surface area is 262 Å². The van der Waals surface area contributed by atoms with Crippen LogP contribution in [-0.2, 0) is 15.9 Å². The smallest absolute Gasteiger partial charge is 0.251 e. The number of ether oxygens (including phenoxy) is 3. The van der Waals surface area contributed by atoms with E-state index in [-0.39, 0.29) is 5.91 Å². The minimum absolute atomic E-state index is 0.115. The third kappa shape index (κ3) is 9.65. The Morgan fingerprint density at radius 3 is 2.16 bits per heavy atom. The van der Waals surface area contributed by atoms with Crippen molar-refractivity contribution in [3.8, 4) is 5.75 Å². The number of carbonyl (C=O) groups excluding carboxylic acids is 1. The number of hydrogen-bond acceptors (Lipinski definition) is 10. The Morgan fingerprint density at radius 2 is 1.42 bits per heavy atom. The van der Waals surface area contributed by atoms with Crippen molar-refractivity contribution in [2.45, 2.75) is 6.42 Å². The number of amides is 1. The van der Waals surface area contributed by atoms with E-state index in [2.05, 4.69) is 41.2 Å². The molecular formula is C33H38N8O4. The van der Waals surface area contributed by atoms with E-state index in [4.69, 9.17) is 14.2 Å². The molecule has 0 radical (unpaired) electrons. The molecule has 2 heterocycles. The quantitative estimate of drug-likeness (QED) is 0.0890. The van der Waals surface area contributed by atoms with E-state index in [1.165, 1.54) is 5.56 Å². The zero-order chi connectivity index (χ0) is 31.1. The molecule has 0 bridgehead atoms. The Kier molecular flexibility index (Phi) is 11.5. The maximum atomic E-state index is 12.0. The first kappa shape index (κ1) is 31.2. The van der Waals surface area contributed by atoms with Crippen LogP contribution in [-0.4, -0.2) is 79.0 Å².